The molecule has 0 aromatic heterocycles. The molecule has 0 aliphatic carbocycles. The van der Waals surface area contributed by atoms with Gasteiger partial charge in [0.1, 0.15) is 0 Å². The summed E-state index contributed by atoms with van der Waals surface area (Å²) in [6.45, 7) is 8.09. The van der Waals surface area contributed by atoms with E-state index in [9.17, 15) is 0 Å². The molecule has 0 rings (SSSR count). The molecule has 0 aliphatic heterocycles. The first-order valence-corrected chi connectivity index (χ1v) is 8.07. The Morgan fingerprint density at radius 3 is 1.85 bits per heavy atom. The van der Waals surface area contributed by atoms with Crippen molar-refractivity contribution in [2.24, 2.45) is 0 Å². The summed E-state index contributed by atoms with van der Waals surface area (Å²) in [5.41, 5.74) is 0. The smallest absolute Gasteiger partial charge is 0.350 e. The molecular formula is C9H19ClMgO2. The van der Waals surface area contributed by atoms with Gasteiger partial charge in [-0.05, 0) is 34.1 Å². The van der Waals surface area contributed by atoms with E-state index in [-0.39, 0.29) is 37.8 Å². The van der Waals surface area contributed by atoms with Crippen molar-refractivity contribution in [3.05, 3.63) is 0 Å². The molecule has 0 unspecified atom stereocenters. The number of rotatable bonds is 7. The Hall–Kier alpha value is 0.976. The van der Waals surface area contributed by atoms with Gasteiger partial charge in [0.05, 0.1) is 12.2 Å². The van der Waals surface area contributed by atoms with Crippen LogP contribution in [0.1, 0.15) is 34.1 Å². The Labute approximate surface area is 94.8 Å². The SMILES string of the molecule is CC(C)OC(C[CH2][Mg][Cl])OC(C)C. The maximum absolute atomic E-state index is 5.75. The molecule has 0 atom stereocenters. The standard InChI is InChI=1S/C9H19O2.ClH.Mg/c1-6-9(10-7(2)3)11-8(4)5;;/h7-9H,1,6H2,2-5H3;1H;/q;;+1/p-1. The number of halogens is 1. The van der Waals surface area contributed by atoms with E-state index < -0.39 is 0 Å². The maximum Gasteiger partial charge on any atom is 0.501 e. The van der Waals surface area contributed by atoms with E-state index in [1.165, 1.54) is 0 Å². The second kappa shape index (κ2) is 8.30. The fourth-order valence-electron chi connectivity index (χ4n) is 1.02. The van der Waals surface area contributed by atoms with Crippen molar-refractivity contribution >= 4 is 28.3 Å². The van der Waals surface area contributed by atoms with Crippen LogP contribution in [0.2, 0.25) is 4.55 Å². The van der Waals surface area contributed by atoms with Gasteiger partial charge in [-0.25, -0.2) is 0 Å². The Kier molecular flexibility index (Phi) is 8.92. The minimum atomic E-state index is -0.384. The second-order valence-electron chi connectivity index (χ2n) is 3.63. The summed E-state index contributed by atoms with van der Waals surface area (Å²) >= 11 is -0.384. The van der Waals surface area contributed by atoms with Crippen LogP contribution in [0, 0.1) is 0 Å². The molecule has 0 amide bonds. The average Bonchev–Trinajstić information content (AvgIpc) is 1.98. The third-order valence-electron chi connectivity index (χ3n) is 1.42. The highest BCUT2D eigenvalue weighted by atomic mass is 35.5. The Balaban J connectivity index is 3.73. The van der Waals surface area contributed by atoms with Crippen LogP contribution in [0.5, 0.6) is 0 Å². The molecule has 0 aliphatic rings. The van der Waals surface area contributed by atoms with Gasteiger partial charge < -0.3 is 18.5 Å². The summed E-state index contributed by atoms with van der Waals surface area (Å²) in [5, 5.41) is 0. The number of hydrogen-bond acceptors (Lipinski definition) is 2. The maximum atomic E-state index is 5.75. The minimum absolute atomic E-state index is 0.0637. The van der Waals surface area contributed by atoms with Gasteiger partial charge in [-0.1, -0.05) is 0 Å². The lowest BCUT2D eigenvalue weighted by Gasteiger charge is -2.22. The van der Waals surface area contributed by atoms with Crippen molar-refractivity contribution in [2.75, 3.05) is 0 Å². The van der Waals surface area contributed by atoms with Crippen LogP contribution in [-0.2, 0) is 9.47 Å². The van der Waals surface area contributed by atoms with E-state index >= 15 is 0 Å². The lowest BCUT2D eigenvalue weighted by atomic mass is 10.4. The number of hydrogen-bond donors (Lipinski definition) is 0. The summed E-state index contributed by atoms with van der Waals surface area (Å²) in [7, 11) is 5.75. The van der Waals surface area contributed by atoms with Gasteiger partial charge in [0.25, 0.3) is 0 Å². The molecule has 13 heavy (non-hydrogen) atoms. The molecule has 0 radical (unpaired) electrons. The predicted molar refractivity (Wildman–Crippen MR) is 57.3 cm³/mol. The van der Waals surface area contributed by atoms with Crippen LogP contribution in [0.4, 0.5) is 0 Å². The molecule has 76 valence electrons. The molecular weight excluding hydrogens is 200 g/mol. The molecule has 0 saturated heterocycles. The molecule has 2 nitrogen and oxygen atoms in total. The lowest BCUT2D eigenvalue weighted by Crippen LogP contribution is -2.24. The van der Waals surface area contributed by atoms with Crippen molar-refractivity contribution in [1.82, 2.24) is 0 Å². The first kappa shape index (κ1) is 14.0. The zero-order valence-corrected chi connectivity index (χ0v) is 11.2. The van der Waals surface area contributed by atoms with Crippen molar-refractivity contribution < 1.29 is 9.47 Å². The highest BCUT2D eigenvalue weighted by Crippen LogP contribution is 2.10. The van der Waals surface area contributed by atoms with E-state index in [4.69, 9.17) is 18.5 Å². The average molecular weight is 219 g/mol. The predicted octanol–water partition coefficient (Wildman–Crippen LogP) is 2.83. The van der Waals surface area contributed by atoms with Crippen LogP contribution in [0.3, 0.4) is 0 Å². The molecule has 0 spiro atoms. The van der Waals surface area contributed by atoms with Crippen LogP contribution in [-0.4, -0.2) is 37.8 Å². The zero-order valence-electron chi connectivity index (χ0n) is 9.05. The van der Waals surface area contributed by atoms with Gasteiger partial charge in [-0.3, -0.25) is 0 Å². The summed E-state index contributed by atoms with van der Waals surface area (Å²) < 4.78 is 12.3. The monoisotopic (exact) mass is 218 g/mol. The van der Waals surface area contributed by atoms with Crippen LogP contribution < -0.4 is 0 Å². The van der Waals surface area contributed by atoms with E-state index in [0.29, 0.717) is 0 Å². The summed E-state index contributed by atoms with van der Waals surface area (Å²) in [6.07, 6.45) is 1.32. The minimum Gasteiger partial charge on any atom is -0.350 e. The van der Waals surface area contributed by atoms with Gasteiger partial charge >= 0.3 is 19.3 Å². The van der Waals surface area contributed by atoms with E-state index in [1.54, 1.807) is 0 Å². The molecule has 0 aromatic carbocycles. The van der Waals surface area contributed by atoms with E-state index in [1.807, 2.05) is 27.7 Å². The first-order valence-electron chi connectivity index (χ1n) is 4.93. The Bertz CT molecular complexity index is 110. The first-order chi connectivity index (χ1) is 6.06. The molecule has 0 fully saturated rings. The topological polar surface area (TPSA) is 18.5 Å². The summed E-state index contributed by atoms with van der Waals surface area (Å²) in [6, 6.07) is 0. The molecule has 0 N–H and O–H groups in total. The van der Waals surface area contributed by atoms with E-state index in [0.717, 1.165) is 11.0 Å². The summed E-state index contributed by atoms with van der Waals surface area (Å²) in [4.78, 5) is 0. The Morgan fingerprint density at radius 2 is 1.54 bits per heavy atom. The van der Waals surface area contributed by atoms with Gasteiger partial charge in [-0.15, -0.1) is 4.55 Å². The van der Waals surface area contributed by atoms with Crippen molar-refractivity contribution in [3.8, 4) is 0 Å². The fraction of sp³-hybridized carbons (Fsp3) is 1.00. The largest absolute Gasteiger partial charge is 0.501 e. The molecule has 0 aromatic rings. The van der Waals surface area contributed by atoms with Crippen molar-refractivity contribution in [3.63, 3.8) is 0 Å². The quantitative estimate of drug-likeness (QED) is 0.484. The second-order valence-corrected chi connectivity index (χ2v) is 5.85. The molecule has 0 bridgehead atoms. The van der Waals surface area contributed by atoms with Crippen LogP contribution in [0.25, 0.3) is 0 Å². The fourth-order valence-corrected chi connectivity index (χ4v) is 1.97. The van der Waals surface area contributed by atoms with Gasteiger partial charge in [0.15, 0.2) is 6.29 Å². The van der Waals surface area contributed by atoms with Crippen LogP contribution >= 0.6 is 9.07 Å². The van der Waals surface area contributed by atoms with E-state index in [2.05, 4.69) is 0 Å². The highest BCUT2D eigenvalue weighted by molar-refractivity contribution is 6.93. The van der Waals surface area contributed by atoms with Crippen LogP contribution in [0.15, 0.2) is 0 Å². The highest BCUT2D eigenvalue weighted by Gasteiger charge is 2.12. The van der Waals surface area contributed by atoms with Crippen molar-refractivity contribution in [2.45, 2.75) is 57.2 Å². The van der Waals surface area contributed by atoms with Gasteiger partial charge in [0, 0.05) is 0 Å². The molecule has 0 heterocycles. The lowest BCUT2D eigenvalue weighted by molar-refractivity contribution is -0.181. The molecule has 4 heteroatoms. The zero-order chi connectivity index (χ0) is 10.3. The van der Waals surface area contributed by atoms with Crippen molar-refractivity contribution in [1.29, 1.82) is 0 Å². The third kappa shape index (κ3) is 9.28. The number of ether oxygens (including phenoxy) is 2. The normalized spacial score (nSPS) is 11.4. The van der Waals surface area contributed by atoms with Gasteiger partial charge in [-0.2, -0.15) is 0 Å². The third-order valence-corrected chi connectivity index (χ3v) is 2.90. The Morgan fingerprint density at radius 1 is 1.08 bits per heavy atom. The molecule has 0 saturated carbocycles. The van der Waals surface area contributed by atoms with Gasteiger partial charge in [0.2, 0.25) is 0 Å². The summed E-state index contributed by atoms with van der Waals surface area (Å²) in [5.74, 6) is 0.